The summed E-state index contributed by atoms with van der Waals surface area (Å²) in [5.41, 5.74) is 1.70. The second-order valence-corrected chi connectivity index (χ2v) is 8.38. The molecule has 0 aliphatic carbocycles. The summed E-state index contributed by atoms with van der Waals surface area (Å²) in [5, 5.41) is 12.5. The second kappa shape index (κ2) is 8.60. The molecule has 30 heavy (non-hydrogen) atoms. The van der Waals surface area contributed by atoms with E-state index in [1.807, 2.05) is 30.3 Å². The number of benzene rings is 2. The summed E-state index contributed by atoms with van der Waals surface area (Å²) in [6.45, 7) is 0. The summed E-state index contributed by atoms with van der Waals surface area (Å²) in [6.07, 6.45) is 1.51. The van der Waals surface area contributed by atoms with Crippen molar-refractivity contribution in [1.29, 1.82) is 0 Å². The summed E-state index contributed by atoms with van der Waals surface area (Å²) in [5.74, 6) is 0.0648. The quantitative estimate of drug-likeness (QED) is 0.182. The van der Waals surface area contributed by atoms with Gasteiger partial charge in [0.15, 0.2) is 0 Å². The van der Waals surface area contributed by atoms with Crippen LogP contribution in [0.15, 0.2) is 72.0 Å². The second-order valence-electron chi connectivity index (χ2n) is 6.39. The maximum Gasteiger partial charge on any atom is 0.269 e. The number of fused-ring (bicyclic) bond motifs is 1. The number of non-ortho nitro benzene ring substituents is 1. The van der Waals surface area contributed by atoms with Crippen molar-refractivity contribution in [3.63, 3.8) is 0 Å². The Labute approximate surface area is 180 Å². The number of anilines is 1. The van der Waals surface area contributed by atoms with Gasteiger partial charge in [-0.1, -0.05) is 42.1 Å². The van der Waals surface area contributed by atoms with Gasteiger partial charge in [-0.05, 0) is 23.8 Å². The number of aromatic nitrogens is 2. The Kier molecular flexibility index (Phi) is 5.73. The first-order chi connectivity index (χ1) is 14.5. The fourth-order valence-electron chi connectivity index (χ4n) is 2.86. The molecular weight excluding hydrogens is 420 g/mol. The molecule has 4 aromatic rings. The van der Waals surface area contributed by atoms with Crippen LogP contribution in [0.2, 0.25) is 0 Å². The number of thiophene rings is 1. The van der Waals surface area contributed by atoms with Gasteiger partial charge in [0.25, 0.3) is 5.69 Å². The Balaban J connectivity index is 1.49. The van der Waals surface area contributed by atoms with Crippen LogP contribution in [0, 0.1) is 10.1 Å². The minimum atomic E-state index is -0.466. The standard InChI is InChI=1S/C21H16N4O3S2/c1-24(15-7-9-16(10-8-15)25(27)28)19(26)12-29-20-17-11-18(14-5-3-2-4-6-14)30-21(17)23-13-22-20/h2-11,13H,12H2,1H3. The molecule has 0 spiro atoms. The average Bonchev–Trinajstić information content (AvgIpc) is 3.22. The molecule has 0 aliphatic rings. The van der Waals surface area contributed by atoms with Crippen molar-refractivity contribution in [2.45, 2.75) is 5.03 Å². The molecule has 150 valence electrons. The first-order valence-corrected chi connectivity index (χ1v) is 10.8. The lowest BCUT2D eigenvalue weighted by atomic mass is 10.2. The van der Waals surface area contributed by atoms with Crippen molar-refractivity contribution in [2.75, 3.05) is 17.7 Å². The number of carbonyl (C=O) groups excluding carboxylic acids is 1. The maximum absolute atomic E-state index is 12.6. The predicted octanol–water partition coefficient (Wildman–Crippen LogP) is 5.02. The first kappa shape index (κ1) is 20.0. The monoisotopic (exact) mass is 436 g/mol. The van der Waals surface area contributed by atoms with Gasteiger partial charge in [0.2, 0.25) is 5.91 Å². The lowest BCUT2D eigenvalue weighted by Crippen LogP contribution is -2.27. The normalized spacial score (nSPS) is 10.8. The topological polar surface area (TPSA) is 89.2 Å². The average molecular weight is 437 g/mol. The number of nitrogens with zero attached hydrogens (tertiary/aromatic N) is 4. The van der Waals surface area contributed by atoms with Crippen molar-refractivity contribution < 1.29 is 9.72 Å². The highest BCUT2D eigenvalue weighted by molar-refractivity contribution is 8.00. The molecule has 1 amide bonds. The molecule has 9 heteroatoms. The highest BCUT2D eigenvalue weighted by atomic mass is 32.2. The molecule has 4 rings (SSSR count). The summed E-state index contributed by atoms with van der Waals surface area (Å²) >= 11 is 2.94. The molecule has 2 heterocycles. The Morgan fingerprint density at radius 3 is 2.57 bits per heavy atom. The summed E-state index contributed by atoms with van der Waals surface area (Å²) in [4.78, 5) is 35.1. The number of amides is 1. The van der Waals surface area contributed by atoms with Crippen molar-refractivity contribution in [1.82, 2.24) is 9.97 Å². The predicted molar refractivity (Wildman–Crippen MR) is 120 cm³/mol. The van der Waals surface area contributed by atoms with Crippen LogP contribution >= 0.6 is 23.1 Å². The number of nitro groups is 1. The molecule has 2 aromatic carbocycles. The smallest absolute Gasteiger partial charge is 0.269 e. The number of hydrogen-bond acceptors (Lipinski definition) is 7. The minimum absolute atomic E-state index is 0.0102. The number of rotatable bonds is 6. The lowest BCUT2D eigenvalue weighted by Gasteiger charge is -2.16. The van der Waals surface area contributed by atoms with Crippen LogP contribution in [-0.4, -0.2) is 33.6 Å². The highest BCUT2D eigenvalue weighted by Gasteiger charge is 2.16. The molecular formula is C21H16N4O3S2. The van der Waals surface area contributed by atoms with E-state index in [4.69, 9.17) is 0 Å². The zero-order chi connectivity index (χ0) is 21.1. The van der Waals surface area contributed by atoms with E-state index < -0.39 is 4.92 Å². The van der Waals surface area contributed by atoms with Gasteiger partial charge in [0.1, 0.15) is 16.2 Å². The zero-order valence-corrected chi connectivity index (χ0v) is 17.5. The fraction of sp³-hybridized carbons (Fsp3) is 0.0952. The van der Waals surface area contributed by atoms with Crippen LogP contribution in [0.3, 0.4) is 0 Å². The highest BCUT2D eigenvalue weighted by Crippen LogP contribution is 2.36. The Morgan fingerprint density at radius 2 is 1.87 bits per heavy atom. The van der Waals surface area contributed by atoms with Gasteiger partial charge in [-0.2, -0.15) is 0 Å². The van der Waals surface area contributed by atoms with E-state index in [9.17, 15) is 14.9 Å². The van der Waals surface area contributed by atoms with Crippen molar-refractivity contribution in [2.24, 2.45) is 0 Å². The van der Waals surface area contributed by atoms with E-state index in [1.54, 1.807) is 30.5 Å². The summed E-state index contributed by atoms with van der Waals surface area (Å²) in [7, 11) is 1.65. The lowest BCUT2D eigenvalue weighted by molar-refractivity contribution is -0.384. The Hall–Kier alpha value is -3.30. The van der Waals surface area contributed by atoms with Gasteiger partial charge in [-0.25, -0.2) is 9.97 Å². The Morgan fingerprint density at radius 1 is 1.13 bits per heavy atom. The van der Waals surface area contributed by atoms with Gasteiger partial charge in [-0.15, -0.1) is 11.3 Å². The molecule has 0 saturated carbocycles. The van der Waals surface area contributed by atoms with Gasteiger partial charge in [0, 0.05) is 35.1 Å². The van der Waals surface area contributed by atoms with E-state index in [0.29, 0.717) is 5.69 Å². The van der Waals surface area contributed by atoms with Gasteiger partial charge in [0.05, 0.1) is 10.7 Å². The van der Waals surface area contributed by atoms with E-state index in [2.05, 4.69) is 16.0 Å². The number of carbonyl (C=O) groups is 1. The van der Waals surface area contributed by atoms with Crippen molar-refractivity contribution in [3.8, 4) is 10.4 Å². The van der Waals surface area contributed by atoms with Crippen LogP contribution in [0.1, 0.15) is 0 Å². The SMILES string of the molecule is CN(C(=O)CSc1ncnc2sc(-c3ccccc3)cc12)c1ccc([N+](=O)[O-])cc1. The van der Waals surface area contributed by atoms with Crippen LogP contribution < -0.4 is 4.90 Å². The van der Waals surface area contributed by atoms with E-state index in [-0.39, 0.29) is 17.3 Å². The third kappa shape index (κ3) is 4.17. The molecule has 2 aromatic heterocycles. The minimum Gasteiger partial charge on any atom is -0.315 e. The van der Waals surface area contributed by atoms with E-state index >= 15 is 0 Å². The summed E-state index contributed by atoms with van der Waals surface area (Å²) in [6, 6.07) is 18.0. The Bertz CT molecular complexity index is 1210. The number of hydrogen-bond donors (Lipinski definition) is 0. The molecule has 0 saturated heterocycles. The largest absolute Gasteiger partial charge is 0.315 e. The van der Waals surface area contributed by atoms with Crippen molar-refractivity contribution >= 4 is 50.6 Å². The fourth-order valence-corrected chi connectivity index (χ4v) is 4.82. The van der Waals surface area contributed by atoms with Crippen LogP contribution in [0.25, 0.3) is 20.7 Å². The maximum atomic E-state index is 12.6. The first-order valence-electron chi connectivity index (χ1n) is 8.96. The molecule has 0 aliphatic heterocycles. The molecule has 0 atom stereocenters. The number of thioether (sulfide) groups is 1. The van der Waals surface area contributed by atoms with E-state index in [0.717, 1.165) is 25.7 Å². The third-order valence-electron chi connectivity index (χ3n) is 4.51. The zero-order valence-electron chi connectivity index (χ0n) is 15.9. The van der Waals surface area contributed by atoms with Gasteiger partial charge < -0.3 is 4.90 Å². The number of nitro benzene ring substituents is 1. The molecule has 7 nitrogen and oxygen atoms in total. The molecule has 0 N–H and O–H groups in total. The molecule has 0 radical (unpaired) electrons. The molecule has 0 unspecified atom stereocenters. The van der Waals surface area contributed by atoms with Crippen LogP contribution in [0.5, 0.6) is 0 Å². The van der Waals surface area contributed by atoms with Crippen LogP contribution in [0.4, 0.5) is 11.4 Å². The van der Waals surface area contributed by atoms with Crippen LogP contribution in [-0.2, 0) is 4.79 Å². The molecule has 0 bridgehead atoms. The van der Waals surface area contributed by atoms with Crippen molar-refractivity contribution in [3.05, 3.63) is 77.1 Å². The molecule has 0 fully saturated rings. The summed E-state index contributed by atoms with van der Waals surface area (Å²) < 4.78 is 0. The van der Waals surface area contributed by atoms with Gasteiger partial charge in [-0.3, -0.25) is 14.9 Å². The van der Waals surface area contributed by atoms with E-state index in [1.165, 1.54) is 35.1 Å². The third-order valence-corrected chi connectivity index (χ3v) is 6.59. The van der Waals surface area contributed by atoms with Gasteiger partial charge >= 0.3 is 0 Å².